The number of amides is 1. The molecule has 1 aliphatic heterocycles. The van der Waals surface area contributed by atoms with Gasteiger partial charge >= 0.3 is 0 Å². The molecule has 2 aromatic heterocycles. The number of pyridine rings is 1. The quantitative estimate of drug-likeness (QED) is 0.892. The fourth-order valence-electron chi connectivity index (χ4n) is 3.32. The van der Waals surface area contributed by atoms with E-state index in [-0.39, 0.29) is 5.91 Å². The van der Waals surface area contributed by atoms with Crippen molar-refractivity contribution in [2.45, 2.75) is 18.4 Å². The number of nitrogens with zero attached hydrogens (tertiary/aromatic N) is 5. The number of likely N-dealkylation sites (N-methyl/N-ethyl adjacent to an activating group) is 1. The number of hydrogen-bond acceptors (Lipinski definition) is 5. The maximum absolute atomic E-state index is 12.8. The van der Waals surface area contributed by atoms with Crippen LogP contribution >= 0.6 is 0 Å². The lowest BCUT2D eigenvalue weighted by molar-refractivity contribution is -0.0391. The van der Waals surface area contributed by atoms with E-state index in [1.165, 1.54) is 0 Å². The van der Waals surface area contributed by atoms with Crippen LogP contribution in [0.2, 0.25) is 0 Å². The Morgan fingerprint density at radius 3 is 2.96 bits per heavy atom. The molecule has 23 heavy (non-hydrogen) atoms. The molecule has 2 aromatic rings. The molecule has 0 spiro atoms. The van der Waals surface area contributed by atoms with Crippen LogP contribution in [0, 0.1) is 0 Å². The summed E-state index contributed by atoms with van der Waals surface area (Å²) >= 11 is 0. The monoisotopic (exact) mass is 317 g/mol. The molecule has 0 aliphatic carbocycles. The van der Waals surface area contributed by atoms with Crippen molar-refractivity contribution in [1.82, 2.24) is 24.3 Å². The molecule has 1 amide bonds. The number of likely N-dealkylation sites (tertiary alicyclic amines) is 1. The highest BCUT2D eigenvalue weighted by molar-refractivity contribution is 5.96. The maximum Gasteiger partial charge on any atom is 0.255 e. The molecule has 1 fully saturated rings. The zero-order valence-electron chi connectivity index (χ0n) is 13.9. The van der Waals surface area contributed by atoms with Crippen LogP contribution in [0.3, 0.4) is 0 Å². The van der Waals surface area contributed by atoms with Crippen LogP contribution < -0.4 is 0 Å². The van der Waals surface area contributed by atoms with Gasteiger partial charge in [0, 0.05) is 26.3 Å². The van der Waals surface area contributed by atoms with E-state index in [9.17, 15) is 9.90 Å². The van der Waals surface area contributed by atoms with E-state index in [1.807, 2.05) is 30.6 Å². The Morgan fingerprint density at radius 2 is 2.22 bits per heavy atom. The summed E-state index contributed by atoms with van der Waals surface area (Å²) in [6.45, 7) is 1.56. The second-order valence-corrected chi connectivity index (χ2v) is 6.71. The molecule has 0 radical (unpaired) electrons. The lowest BCUT2D eigenvalue weighted by Crippen LogP contribution is -2.54. The molecule has 7 heteroatoms. The zero-order chi connectivity index (χ0) is 16.6. The van der Waals surface area contributed by atoms with Crippen molar-refractivity contribution >= 4 is 17.1 Å². The molecule has 1 saturated heterocycles. The average Bonchev–Trinajstić information content (AvgIpc) is 2.86. The Hall–Kier alpha value is -1.99. The van der Waals surface area contributed by atoms with E-state index in [0.717, 1.165) is 12.1 Å². The Balaban J connectivity index is 1.80. The third kappa shape index (κ3) is 3.20. The van der Waals surface area contributed by atoms with Crippen molar-refractivity contribution in [2.75, 3.05) is 33.7 Å². The molecule has 1 unspecified atom stereocenters. The first-order valence-electron chi connectivity index (χ1n) is 7.81. The van der Waals surface area contributed by atoms with Crippen LogP contribution in [0.15, 0.2) is 18.6 Å². The standard InChI is InChI=1S/C16H23N5O2/c1-19(2)9-16(23)5-4-6-21(10-16)15(22)12-7-13-14(17-8-12)20(3)11-18-13/h7-8,11,23H,4-6,9-10H2,1-3H3. The van der Waals surface area contributed by atoms with Crippen LogP contribution in [0.4, 0.5) is 0 Å². The SMILES string of the molecule is CN(C)CC1(O)CCCN(C(=O)c2cnc3c(c2)ncn3C)C1. The first-order valence-corrected chi connectivity index (χ1v) is 7.81. The van der Waals surface area contributed by atoms with Gasteiger partial charge in [0.25, 0.3) is 5.91 Å². The number of rotatable bonds is 3. The summed E-state index contributed by atoms with van der Waals surface area (Å²) in [7, 11) is 5.73. The van der Waals surface area contributed by atoms with Gasteiger partial charge in [-0.2, -0.15) is 0 Å². The smallest absolute Gasteiger partial charge is 0.255 e. The third-order valence-corrected chi connectivity index (χ3v) is 4.25. The number of piperidine rings is 1. The van der Waals surface area contributed by atoms with Crippen molar-refractivity contribution in [3.63, 3.8) is 0 Å². The van der Waals surface area contributed by atoms with Crippen molar-refractivity contribution in [3.8, 4) is 0 Å². The van der Waals surface area contributed by atoms with Crippen LogP contribution in [0.25, 0.3) is 11.2 Å². The molecule has 1 atom stereocenters. The Kier molecular flexibility index (Phi) is 4.08. The van der Waals surface area contributed by atoms with Gasteiger partial charge in [0.05, 0.1) is 24.0 Å². The van der Waals surface area contributed by atoms with Gasteiger partial charge in [0.2, 0.25) is 0 Å². The van der Waals surface area contributed by atoms with Gasteiger partial charge in [-0.05, 0) is 33.0 Å². The van der Waals surface area contributed by atoms with Crippen molar-refractivity contribution in [3.05, 3.63) is 24.2 Å². The summed E-state index contributed by atoms with van der Waals surface area (Å²) in [6.07, 6.45) is 4.79. The van der Waals surface area contributed by atoms with Crippen molar-refractivity contribution in [1.29, 1.82) is 0 Å². The highest BCUT2D eigenvalue weighted by Gasteiger charge is 2.36. The minimum absolute atomic E-state index is 0.0954. The third-order valence-electron chi connectivity index (χ3n) is 4.25. The van der Waals surface area contributed by atoms with Gasteiger partial charge in [-0.25, -0.2) is 9.97 Å². The average molecular weight is 317 g/mol. The molecule has 0 aromatic carbocycles. The van der Waals surface area contributed by atoms with Gasteiger partial charge in [0.15, 0.2) is 5.65 Å². The Labute approximate surface area is 135 Å². The molecule has 0 bridgehead atoms. The second kappa shape index (κ2) is 5.90. The van der Waals surface area contributed by atoms with Gasteiger partial charge < -0.3 is 19.5 Å². The molecule has 3 rings (SSSR count). The van der Waals surface area contributed by atoms with E-state index in [1.54, 1.807) is 23.5 Å². The molecule has 124 valence electrons. The van der Waals surface area contributed by atoms with Crippen LogP contribution in [0.1, 0.15) is 23.2 Å². The summed E-state index contributed by atoms with van der Waals surface area (Å²) in [5.74, 6) is -0.0954. The minimum atomic E-state index is -0.847. The number of carbonyl (C=O) groups is 1. The molecule has 0 saturated carbocycles. The highest BCUT2D eigenvalue weighted by Crippen LogP contribution is 2.23. The first kappa shape index (κ1) is 15.9. The first-order chi connectivity index (χ1) is 10.9. The van der Waals surface area contributed by atoms with E-state index in [0.29, 0.717) is 37.1 Å². The number of fused-ring (bicyclic) bond motifs is 1. The summed E-state index contributed by atoms with van der Waals surface area (Å²) < 4.78 is 1.82. The number of hydrogen-bond donors (Lipinski definition) is 1. The van der Waals surface area contributed by atoms with Crippen LogP contribution in [0.5, 0.6) is 0 Å². The Bertz CT molecular complexity index is 726. The summed E-state index contributed by atoms with van der Waals surface area (Å²) in [4.78, 5) is 25.0. The lowest BCUT2D eigenvalue weighted by Gasteiger charge is -2.40. The van der Waals surface area contributed by atoms with Gasteiger partial charge in [-0.1, -0.05) is 0 Å². The number of aryl methyl sites for hydroxylation is 1. The normalized spacial score (nSPS) is 22.0. The molecule has 3 heterocycles. The zero-order valence-corrected chi connectivity index (χ0v) is 13.9. The van der Waals surface area contributed by atoms with Gasteiger partial charge in [-0.15, -0.1) is 0 Å². The van der Waals surface area contributed by atoms with Gasteiger partial charge in [-0.3, -0.25) is 4.79 Å². The van der Waals surface area contributed by atoms with Crippen molar-refractivity contribution in [2.24, 2.45) is 7.05 Å². The Morgan fingerprint density at radius 1 is 1.43 bits per heavy atom. The fraction of sp³-hybridized carbons (Fsp3) is 0.562. The highest BCUT2D eigenvalue weighted by atomic mass is 16.3. The van der Waals surface area contributed by atoms with E-state index >= 15 is 0 Å². The van der Waals surface area contributed by atoms with Crippen LogP contribution in [-0.2, 0) is 7.05 Å². The van der Waals surface area contributed by atoms with E-state index in [2.05, 4.69) is 9.97 Å². The number of carbonyl (C=O) groups excluding carboxylic acids is 1. The number of β-amino-alcohol motifs (C(OH)–C–C–N with tert-alkyl or cyclic N) is 1. The predicted molar refractivity (Wildman–Crippen MR) is 87.2 cm³/mol. The molecule has 1 aliphatic rings. The lowest BCUT2D eigenvalue weighted by atomic mass is 9.92. The summed E-state index contributed by atoms with van der Waals surface area (Å²) in [5, 5.41) is 10.7. The van der Waals surface area contributed by atoms with Crippen molar-refractivity contribution < 1.29 is 9.90 Å². The number of aliphatic hydroxyl groups is 1. The maximum atomic E-state index is 12.8. The molecular formula is C16H23N5O2. The molecular weight excluding hydrogens is 294 g/mol. The topological polar surface area (TPSA) is 74.5 Å². The van der Waals surface area contributed by atoms with E-state index in [4.69, 9.17) is 0 Å². The van der Waals surface area contributed by atoms with E-state index < -0.39 is 5.60 Å². The summed E-state index contributed by atoms with van der Waals surface area (Å²) in [5.41, 5.74) is 1.13. The number of imidazole rings is 1. The largest absolute Gasteiger partial charge is 0.387 e. The predicted octanol–water partition coefficient (Wildman–Crippen LogP) is 0.497. The summed E-state index contributed by atoms with van der Waals surface area (Å²) in [6, 6.07) is 1.77. The second-order valence-electron chi connectivity index (χ2n) is 6.71. The number of aromatic nitrogens is 3. The molecule has 1 N–H and O–H groups in total. The van der Waals surface area contributed by atoms with Gasteiger partial charge in [0.1, 0.15) is 5.52 Å². The fourth-order valence-corrected chi connectivity index (χ4v) is 3.32. The molecule has 7 nitrogen and oxygen atoms in total. The van der Waals surface area contributed by atoms with Crippen LogP contribution in [-0.4, -0.2) is 74.7 Å². The minimum Gasteiger partial charge on any atom is -0.387 e.